The highest BCUT2D eigenvalue weighted by atomic mass is 35.5. The van der Waals surface area contributed by atoms with Gasteiger partial charge in [-0.1, -0.05) is 11.6 Å². The third-order valence-corrected chi connectivity index (χ3v) is 3.84. The number of hydrogen-bond donors (Lipinski definition) is 2. The third kappa shape index (κ3) is 2.57. The number of carbonyl (C=O) groups excluding carboxylic acids is 1. The summed E-state index contributed by atoms with van der Waals surface area (Å²) in [7, 11) is 0. The van der Waals surface area contributed by atoms with Gasteiger partial charge in [-0.25, -0.2) is 0 Å². The number of carbonyl (C=O) groups is 2. The van der Waals surface area contributed by atoms with Gasteiger partial charge < -0.3 is 15.7 Å². The molecule has 1 unspecified atom stereocenters. The summed E-state index contributed by atoms with van der Waals surface area (Å²) in [4.78, 5) is 24.8. The average Bonchev–Trinajstić information content (AvgIpc) is 2.76. The first-order valence-electron chi connectivity index (χ1n) is 5.91. The number of nitrogens with two attached hydrogens (primary N) is 1. The summed E-state index contributed by atoms with van der Waals surface area (Å²) >= 11 is 5.91. The number of rotatable bonds is 2. The number of aliphatic carboxylic acids is 1. The molecule has 0 spiro atoms. The molecule has 1 heterocycles. The Morgan fingerprint density at radius 1 is 1.47 bits per heavy atom. The van der Waals surface area contributed by atoms with Gasteiger partial charge in [-0.05, 0) is 37.1 Å². The Labute approximate surface area is 116 Å². The van der Waals surface area contributed by atoms with Crippen LogP contribution < -0.4 is 5.73 Å². The smallest absolute Gasteiger partial charge is 0.325 e. The van der Waals surface area contributed by atoms with Crippen LogP contribution in [-0.2, 0) is 4.79 Å². The monoisotopic (exact) mass is 282 g/mol. The zero-order valence-corrected chi connectivity index (χ0v) is 11.3. The van der Waals surface area contributed by atoms with Crippen molar-refractivity contribution in [2.45, 2.75) is 18.9 Å². The quantitative estimate of drug-likeness (QED) is 0.856. The van der Waals surface area contributed by atoms with E-state index < -0.39 is 11.5 Å². The summed E-state index contributed by atoms with van der Waals surface area (Å²) in [5.74, 6) is -1.29. The first-order chi connectivity index (χ1) is 8.83. The molecule has 2 rings (SSSR count). The van der Waals surface area contributed by atoms with E-state index in [1.165, 1.54) is 4.90 Å². The Kier molecular flexibility index (Phi) is 3.52. The van der Waals surface area contributed by atoms with Crippen LogP contribution in [0.25, 0.3) is 0 Å². The molecule has 1 amide bonds. The van der Waals surface area contributed by atoms with Gasteiger partial charge >= 0.3 is 5.97 Å². The van der Waals surface area contributed by atoms with Gasteiger partial charge in [-0.3, -0.25) is 9.59 Å². The van der Waals surface area contributed by atoms with Gasteiger partial charge in [0.25, 0.3) is 5.91 Å². The number of likely N-dealkylation sites (tertiary alicyclic amines) is 1. The molecule has 102 valence electrons. The van der Waals surface area contributed by atoms with E-state index in [1.807, 2.05) is 6.92 Å². The minimum absolute atomic E-state index is 0.0306. The fourth-order valence-electron chi connectivity index (χ4n) is 2.14. The minimum Gasteiger partial charge on any atom is -0.480 e. The second-order valence-corrected chi connectivity index (χ2v) is 5.31. The molecule has 5 nitrogen and oxygen atoms in total. The normalized spacial score (nSPS) is 22.6. The standard InChI is InChI=1S/C13H15ClN2O3/c1-8-6-9(2-3-10(8)14)11(17)16-5-4-13(15,7-16)12(18)19/h2-3,6H,4-5,7,15H2,1H3,(H,18,19). The van der Waals surface area contributed by atoms with Crippen LogP contribution in [0.15, 0.2) is 18.2 Å². The molecule has 6 heteroatoms. The van der Waals surface area contributed by atoms with Crippen LogP contribution in [0.4, 0.5) is 0 Å². The first kappa shape index (κ1) is 13.8. The van der Waals surface area contributed by atoms with Gasteiger partial charge in [-0.15, -0.1) is 0 Å². The number of halogens is 1. The lowest BCUT2D eigenvalue weighted by Crippen LogP contribution is -2.50. The zero-order chi connectivity index (χ0) is 14.2. The van der Waals surface area contributed by atoms with Crippen LogP contribution in [0.1, 0.15) is 22.3 Å². The van der Waals surface area contributed by atoms with E-state index in [-0.39, 0.29) is 18.9 Å². The van der Waals surface area contributed by atoms with Crippen molar-refractivity contribution >= 4 is 23.5 Å². The molecule has 0 bridgehead atoms. The van der Waals surface area contributed by atoms with Gasteiger partial charge in [0.2, 0.25) is 0 Å². The van der Waals surface area contributed by atoms with Crippen molar-refractivity contribution in [1.29, 1.82) is 0 Å². The molecule has 1 aliphatic heterocycles. The van der Waals surface area contributed by atoms with Crippen molar-refractivity contribution < 1.29 is 14.7 Å². The Morgan fingerprint density at radius 3 is 2.68 bits per heavy atom. The van der Waals surface area contributed by atoms with Crippen LogP contribution in [0.5, 0.6) is 0 Å². The van der Waals surface area contributed by atoms with Crippen molar-refractivity contribution in [2.24, 2.45) is 5.73 Å². The van der Waals surface area contributed by atoms with E-state index in [1.54, 1.807) is 18.2 Å². The maximum absolute atomic E-state index is 12.3. The van der Waals surface area contributed by atoms with E-state index >= 15 is 0 Å². The van der Waals surface area contributed by atoms with Crippen molar-refractivity contribution in [3.8, 4) is 0 Å². The van der Waals surface area contributed by atoms with Crippen molar-refractivity contribution in [2.75, 3.05) is 13.1 Å². The summed E-state index contributed by atoms with van der Waals surface area (Å²) in [5, 5.41) is 9.64. The van der Waals surface area contributed by atoms with E-state index in [0.29, 0.717) is 17.1 Å². The van der Waals surface area contributed by atoms with Crippen LogP contribution >= 0.6 is 11.6 Å². The molecular weight excluding hydrogens is 268 g/mol. The average molecular weight is 283 g/mol. The number of amides is 1. The summed E-state index contributed by atoms with van der Waals surface area (Å²) in [6, 6.07) is 4.99. The molecule has 1 fully saturated rings. The van der Waals surface area contributed by atoms with Gasteiger partial charge in [0.1, 0.15) is 5.54 Å². The number of benzene rings is 1. The minimum atomic E-state index is -1.34. The fourth-order valence-corrected chi connectivity index (χ4v) is 2.26. The number of carboxylic acid groups (broad SMARTS) is 1. The number of aryl methyl sites for hydroxylation is 1. The highest BCUT2D eigenvalue weighted by Gasteiger charge is 2.43. The Hall–Kier alpha value is -1.59. The molecule has 1 saturated heterocycles. The van der Waals surface area contributed by atoms with E-state index in [9.17, 15) is 9.59 Å². The molecular formula is C13H15ClN2O3. The van der Waals surface area contributed by atoms with Crippen LogP contribution in [0.2, 0.25) is 5.02 Å². The molecule has 1 atom stereocenters. The molecule has 0 saturated carbocycles. The van der Waals surface area contributed by atoms with E-state index in [0.717, 1.165) is 5.56 Å². The van der Waals surface area contributed by atoms with Gasteiger partial charge in [0.15, 0.2) is 0 Å². The van der Waals surface area contributed by atoms with Gasteiger partial charge in [0.05, 0.1) is 0 Å². The van der Waals surface area contributed by atoms with E-state index in [4.69, 9.17) is 22.4 Å². The largest absolute Gasteiger partial charge is 0.480 e. The second kappa shape index (κ2) is 4.83. The molecule has 1 aromatic rings. The molecule has 0 aromatic heterocycles. The molecule has 0 aliphatic carbocycles. The summed E-state index contributed by atoms with van der Waals surface area (Å²) in [6.45, 7) is 2.19. The lowest BCUT2D eigenvalue weighted by Gasteiger charge is -2.20. The summed E-state index contributed by atoms with van der Waals surface area (Å²) < 4.78 is 0. The Bertz CT molecular complexity index is 547. The van der Waals surface area contributed by atoms with Crippen LogP contribution in [0, 0.1) is 6.92 Å². The molecule has 0 radical (unpaired) electrons. The maximum Gasteiger partial charge on any atom is 0.325 e. The predicted octanol–water partition coefficient (Wildman–Crippen LogP) is 1.28. The highest BCUT2D eigenvalue weighted by Crippen LogP contribution is 2.23. The van der Waals surface area contributed by atoms with Crippen molar-refractivity contribution in [3.63, 3.8) is 0 Å². The lowest BCUT2D eigenvalue weighted by atomic mass is 10.0. The molecule has 19 heavy (non-hydrogen) atoms. The third-order valence-electron chi connectivity index (χ3n) is 3.42. The first-order valence-corrected chi connectivity index (χ1v) is 6.29. The van der Waals surface area contributed by atoms with Crippen molar-refractivity contribution in [1.82, 2.24) is 4.90 Å². The van der Waals surface area contributed by atoms with E-state index in [2.05, 4.69) is 0 Å². The fraction of sp³-hybridized carbons (Fsp3) is 0.385. The Morgan fingerprint density at radius 2 is 2.16 bits per heavy atom. The van der Waals surface area contributed by atoms with Gasteiger partial charge in [-0.2, -0.15) is 0 Å². The summed E-state index contributed by atoms with van der Waals surface area (Å²) in [5.41, 5.74) is 5.72. The predicted molar refractivity (Wildman–Crippen MR) is 71.3 cm³/mol. The molecule has 1 aromatic carbocycles. The lowest BCUT2D eigenvalue weighted by molar-refractivity contribution is -0.142. The maximum atomic E-state index is 12.3. The van der Waals surface area contributed by atoms with Crippen molar-refractivity contribution in [3.05, 3.63) is 34.3 Å². The topological polar surface area (TPSA) is 83.6 Å². The molecule has 1 aliphatic rings. The Balaban J connectivity index is 2.18. The zero-order valence-electron chi connectivity index (χ0n) is 10.5. The van der Waals surface area contributed by atoms with Gasteiger partial charge in [0, 0.05) is 23.7 Å². The molecule has 3 N–H and O–H groups in total. The van der Waals surface area contributed by atoms with Crippen LogP contribution in [-0.4, -0.2) is 40.5 Å². The number of carboxylic acids is 1. The van der Waals surface area contributed by atoms with Crippen LogP contribution in [0.3, 0.4) is 0 Å². The second-order valence-electron chi connectivity index (χ2n) is 4.90. The number of hydrogen-bond acceptors (Lipinski definition) is 3. The highest BCUT2D eigenvalue weighted by molar-refractivity contribution is 6.31. The SMILES string of the molecule is Cc1cc(C(=O)N2CCC(N)(C(=O)O)C2)ccc1Cl. The number of nitrogens with zero attached hydrogens (tertiary/aromatic N) is 1. The summed E-state index contributed by atoms with van der Waals surface area (Å²) in [6.07, 6.45) is 0.265.